The normalized spacial score (nSPS) is 17.2. The lowest BCUT2D eigenvalue weighted by molar-refractivity contribution is -0.470. The van der Waals surface area contributed by atoms with E-state index in [-0.39, 0.29) is 0 Å². The van der Waals surface area contributed by atoms with Gasteiger partial charge in [-0.05, 0) is 0 Å². The fourth-order valence-corrected chi connectivity index (χ4v) is 3.42. The number of hydrogen-bond donors (Lipinski definition) is 0. The molecule has 39 heteroatoms. The summed E-state index contributed by atoms with van der Waals surface area (Å²) < 4.78 is 504. The molecule has 0 N–H and O–H groups in total. The van der Waals surface area contributed by atoms with Crippen molar-refractivity contribution in [2.75, 3.05) is 0 Å². The summed E-state index contributed by atoms with van der Waals surface area (Å²) in [6, 6.07) is 0. The van der Waals surface area contributed by atoms with Crippen molar-refractivity contribution in [1.82, 2.24) is 0 Å². The van der Waals surface area contributed by atoms with Crippen LogP contribution in [0.25, 0.3) is 0 Å². The Kier molecular flexibility index (Phi) is 13.3. The SMILES string of the molecule is FC(F)(CC(F)(F)C(F)(F)C(F)(F)C(F)(F)C(F)(F)C(F)(F)C(F)(F)C(F)(F)F)OC(F)(F)CC(F)(F)C(F)(F)C(F)(F)C(F)(F)C(F)(F)C(F)(F)C(F)(F)C(F)(F)F. The number of ether oxygens (including phenoxy) is 1. The van der Waals surface area contributed by atoms with E-state index >= 15 is 0 Å². The number of rotatable bonds is 18. The summed E-state index contributed by atoms with van der Waals surface area (Å²) in [4.78, 5) is 0. The van der Waals surface area contributed by atoms with Gasteiger partial charge in [0.25, 0.3) is 0 Å². The van der Waals surface area contributed by atoms with Gasteiger partial charge in [-0.3, -0.25) is 4.74 Å². The third-order valence-corrected chi connectivity index (χ3v) is 6.73. The van der Waals surface area contributed by atoms with E-state index in [1.165, 1.54) is 4.74 Å². The van der Waals surface area contributed by atoms with E-state index in [9.17, 15) is 167 Å². The van der Waals surface area contributed by atoms with Crippen LogP contribution in [0.2, 0.25) is 0 Å². The highest BCUT2D eigenvalue weighted by molar-refractivity contribution is 5.17. The second-order valence-corrected chi connectivity index (χ2v) is 11.0. The topological polar surface area (TPSA) is 9.23 Å². The molecule has 0 fully saturated rings. The fraction of sp³-hybridized carbons (Fsp3) is 1.00. The molecule has 1 nitrogen and oxygen atoms in total. The first-order chi connectivity index (χ1) is 24.6. The lowest BCUT2D eigenvalue weighted by Gasteiger charge is -2.43. The molecule has 0 amide bonds. The first-order valence-corrected chi connectivity index (χ1v) is 12.5. The van der Waals surface area contributed by atoms with Crippen LogP contribution in [0.3, 0.4) is 0 Å². The second-order valence-electron chi connectivity index (χ2n) is 11.0. The van der Waals surface area contributed by atoms with Crippen LogP contribution in [0, 0.1) is 0 Å². The molecule has 0 saturated carbocycles. The van der Waals surface area contributed by atoms with Crippen LogP contribution in [0.1, 0.15) is 12.8 Å². The van der Waals surface area contributed by atoms with E-state index < -0.39 is 120 Å². The lowest BCUT2D eigenvalue weighted by atomic mass is 9.88. The van der Waals surface area contributed by atoms with Crippen molar-refractivity contribution in [2.45, 2.75) is 120 Å². The minimum Gasteiger partial charge on any atom is -0.255 e. The van der Waals surface area contributed by atoms with Gasteiger partial charge in [0.15, 0.2) is 0 Å². The second kappa shape index (κ2) is 13.9. The summed E-state index contributed by atoms with van der Waals surface area (Å²) in [5, 5.41) is 0. The summed E-state index contributed by atoms with van der Waals surface area (Å²) in [6.45, 7) is 0. The maximum Gasteiger partial charge on any atom is 0.460 e. The summed E-state index contributed by atoms with van der Waals surface area (Å²) in [7, 11) is 0. The van der Waals surface area contributed by atoms with Crippen molar-refractivity contribution in [3.8, 4) is 0 Å². The zero-order valence-corrected chi connectivity index (χ0v) is 25.2. The van der Waals surface area contributed by atoms with Crippen LogP contribution in [0.5, 0.6) is 0 Å². The van der Waals surface area contributed by atoms with Crippen molar-refractivity contribution in [3.05, 3.63) is 0 Å². The zero-order valence-electron chi connectivity index (χ0n) is 25.2. The van der Waals surface area contributed by atoms with Gasteiger partial charge in [0, 0.05) is 0 Å². The molecule has 0 aliphatic rings. The molecule has 0 aliphatic carbocycles. The van der Waals surface area contributed by atoms with Gasteiger partial charge >= 0.3 is 107 Å². The smallest absolute Gasteiger partial charge is 0.255 e. The monoisotopic (exact) mass is 982 g/mol. The molecular formula is C20H4F38O. The Morgan fingerprint density at radius 2 is 0.322 bits per heavy atom. The molecule has 0 aromatic carbocycles. The number of hydrogen-bond acceptors (Lipinski definition) is 1. The molecule has 59 heavy (non-hydrogen) atoms. The van der Waals surface area contributed by atoms with Gasteiger partial charge in [0.05, 0.1) is 0 Å². The average molecular weight is 982 g/mol. The highest BCUT2D eigenvalue weighted by Crippen LogP contribution is 2.67. The molecule has 0 aromatic heterocycles. The molecule has 0 bridgehead atoms. The average Bonchev–Trinajstić information content (AvgIpc) is 2.92. The molecule has 356 valence electrons. The Morgan fingerprint density at radius 1 is 0.186 bits per heavy atom. The number of halogens is 38. The largest absolute Gasteiger partial charge is 0.460 e. The first-order valence-electron chi connectivity index (χ1n) is 12.5. The predicted molar refractivity (Wildman–Crippen MR) is 102 cm³/mol. The molecule has 0 spiro atoms. The highest BCUT2D eigenvalue weighted by Gasteiger charge is 2.97. The van der Waals surface area contributed by atoms with Gasteiger partial charge in [-0.25, -0.2) is 0 Å². The molecule has 0 radical (unpaired) electrons. The van der Waals surface area contributed by atoms with Crippen LogP contribution >= 0.6 is 0 Å². The van der Waals surface area contributed by atoms with E-state index in [4.69, 9.17) is 0 Å². The van der Waals surface area contributed by atoms with E-state index in [0.717, 1.165) is 0 Å². The van der Waals surface area contributed by atoms with Crippen LogP contribution < -0.4 is 0 Å². The third kappa shape index (κ3) is 7.87. The van der Waals surface area contributed by atoms with Crippen molar-refractivity contribution < 1.29 is 172 Å². The molecule has 0 aromatic rings. The predicted octanol–water partition coefficient (Wildman–Crippen LogP) is 13.0. The Bertz CT molecular complexity index is 1380. The zero-order chi connectivity index (χ0) is 49.1. The molecule has 0 heterocycles. The van der Waals surface area contributed by atoms with Crippen LogP contribution in [-0.2, 0) is 4.74 Å². The third-order valence-electron chi connectivity index (χ3n) is 6.73. The van der Waals surface area contributed by atoms with Crippen molar-refractivity contribution in [1.29, 1.82) is 0 Å². The van der Waals surface area contributed by atoms with Crippen molar-refractivity contribution in [3.63, 3.8) is 0 Å². The van der Waals surface area contributed by atoms with Crippen LogP contribution in [0.4, 0.5) is 167 Å². The van der Waals surface area contributed by atoms with E-state index in [1.807, 2.05) is 0 Å². The van der Waals surface area contributed by atoms with Crippen LogP contribution in [0.15, 0.2) is 0 Å². The molecule has 0 saturated heterocycles. The van der Waals surface area contributed by atoms with Gasteiger partial charge in [0.2, 0.25) is 0 Å². The standard InChI is InChI=1S/C20H4F38O/c21-3(22,7(29,30)9(33,34)11(37,38)13(41,42)15(45,46)17(49,50)19(53,54)55)1-5(25,26)59-6(27,28)2-4(23,24)8(31,32)10(35,36)12(39,40)14(43,44)16(47,48)18(51,52)20(56,57)58/h1-2H2. The molecular weight excluding hydrogens is 978 g/mol. The maximum absolute atomic E-state index is 13.8. The van der Waals surface area contributed by atoms with Crippen LogP contribution in [-0.4, -0.2) is 107 Å². The van der Waals surface area contributed by atoms with E-state index in [0.29, 0.717) is 0 Å². The Hall–Kier alpha value is -2.70. The summed E-state index contributed by atoms with van der Waals surface area (Å²) in [6.07, 6.45) is -43.3. The van der Waals surface area contributed by atoms with E-state index in [2.05, 4.69) is 0 Å². The first kappa shape index (κ1) is 56.3. The highest BCUT2D eigenvalue weighted by atomic mass is 19.4. The molecule has 0 atom stereocenters. The van der Waals surface area contributed by atoms with Gasteiger partial charge in [-0.15, -0.1) is 0 Å². The molecule has 0 unspecified atom stereocenters. The summed E-state index contributed by atoms with van der Waals surface area (Å²) in [5.74, 6) is -128. The minimum absolute atomic E-state index is 1.35. The van der Waals surface area contributed by atoms with Gasteiger partial charge in [-0.1, -0.05) is 0 Å². The molecule has 0 rings (SSSR count). The Morgan fingerprint density at radius 3 is 0.475 bits per heavy atom. The fourth-order valence-electron chi connectivity index (χ4n) is 3.42. The Balaban J connectivity index is 6.99. The Labute approximate surface area is 293 Å². The number of alkyl halides is 38. The summed E-state index contributed by atoms with van der Waals surface area (Å²) >= 11 is 0. The van der Waals surface area contributed by atoms with Crippen molar-refractivity contribution >= 4 is 0 Å². The maximum atomic E-state index is 13.8. The van der Waals surface area contributed by atoms with Crippen molar-refractivity contribution in [2.24, 2.45) is 0 Å². The molecule has 0 aliphatic heterocycles. The van der Waals surface area contributed by atoms with E-state index in [1.54, 1.807) is 0 Å². The summed E-state index contributed by atoms with van der Waals surface area (Å²) in [5.41, 5.74) is 0. The van der Waals surface area contributed by atoms with Gasteiger partial charge in [0.1, 0.15) is 12.8 Å². The minimum atomic E-state index is -9.53. The quantitative estimate of drug-likeness (QED) is 0.124. The van der Waals surface area contributed by atoms with Gasteiger partial charge < -0.3 is 0 Å². The van der Waals surface area contributed by atoms with Gasteiger partial charge in [-0.2, -0.15) is 167 Å². The lowest BCUT2D eigenvalue weighted by Crippen LogP contribution is -2.74.